The summed E-state index contributed by atoms with van der Waals surface area (Å²) in [7, 11) is 0. The zero-order valence-electron chi connectivity index (χ0n) is 7.83. The summed E-state index contributed by atoms with van der Waals surface area (Å²) < 4.78 is 0.934. The molecule has 4 nitrogen and oxygen atoms in total. The van der Waals surface area contributed by atoms with Crippen LogP contribution in [0.15, 0.2) is 22.8 Å². The first-order chi connectivity index (χ1) is 6.59. The van der Waals surface area contributed by atoms with Gasteiger partial charge in [0.1, 0.15) is 0 Å². The summed E-state index contributed by atoms with van der Waals surface area (Å²) in [5.41, 5.74) is 5.97. The highest BCUT2D eigenvalue weighted by atomic mass is 79.9. The average molecular weight is 258 g/mol. The fraction of sp³-hybridized carbons (Fsp3) is 0.333. The van der Waals surface area contributed by atoms with E-state index in [-0.39, 0.29) is 11.9 Å². The number of nitrogens with one attached hydrogen (secondary N) is 1. The number of carbonyl (C=O) groups is 1. The summed E-state index contributed by atoms with van der Waals surface area (Å²) in [5, 5.41) is 2.97. The van der Waals surface area contributed by atoms with Gasteiger partial charge in [0.25, 0.3) is 0 Å². The molecule has 1 unspecified atom stereocenters. The molecule has 0 radical (unpaired) electrons. The molecule has 0 aromatic carbocycles. The Kier molecular flexibility index (Phi) is 4.03. The van der Waals surface area contributed by atoms with Crippen LogP contribution in [0.1, 0.15) is 12.6 Å². The maximum absolute atomic E-state index is 10.7. The van der Waals surface area contributed by atoms with E-state index in [2.05, 4.69) is 26.2 Å². The Hall–Kier alpha value is -0.940. The van der Waals surface area contributed by atoms with Gasteiger partial charge in [-0.25, -0.2) is 0 Å². The molecule has 0 bridgehead atoms. The Labute approximate surface area is 91.0 Å². The number of halogens is 1. The summed E-state index contributed by atoms with van der Waals surface area (Å²) >= 11 is 3.29. The number of carbonyl (C=O) groups excluding carboxylic acids is 1. The smallest absolute Gasteiger partial charge is 0.234 e. The van der Waals surface area contributed by atoms with Crippen LogP contribution in [-0.2, 0) is 11.3 Å². The first kappa shape index (κ1) is 11.1. The minimum Gasteiger partial charge on any atom is -0.368 e. The first-order valence-electron chi connectivity index (χ1n) is 4.22. The van der Waals surface area contributed by atoms with Crippen molar-refractivity contribution >= 4 is 21.8 Å². The van der Waals surface area contributed by atoms with Crippen molar-refractivity contribution in [3.8, 4) is 0 Å². The van der Waals surface area contributed by atoms with Crippen LogP contribution in [0.4, 0.5) is 0 Å². The molecule has 5 heteroatoms. The number of primary amides is 1. The van der Waals surface area contributed by atoms with E-state index < -0.39 is 0 Å². The van der Waals surface area contributed by atoms with Crippen molar-refractivity contribution in [3.63, 3.8) is 0 Å². The number of nitrogens with two attached hydrogens (primary N) is 1. The molecule has 0 aliphatic rings. The Balaban J connectivity index is 2.46. The fourth-order valence-corrected chi connectivity index (χ4v) is 1.10. The molecule has 14 heavy (non-hydrogen) atoms. The van der Waals surface area contributed by atoms with Crippen molar-refractivity contribution in [2.24, 2.45) is 5.73 Å². The van der Waals surface area contributed by atoms with Gasteiger partial charge in [0.15, 0.2) is 0 Å². The number of nitrogens with zero attached hydrogens (tertiary/aromatic N) is 1. The molecular weight excluding hydrogens is 246 g/mol. The molecule has 1 atom stereocenters. The Morgan fingerprint density at radius 1 is 1.71 bits per heavy atom. The van der Waals surface area contributed by atoms with Gasteiger partial charge in [-0.1, -0.05) is 0 Å². The van der Waals surface area contributed by atoms with Crippen LogP contribution in [0.3, 0.4) is 0 Å². The molecule has 1 aromatic heterocycles. The number of aromatic nitrogens is 1. The van der Waals surface area contributed by atoms with E-state index in [1.54, 1.807) is 13.1 Å². The lowest BCUT2D eigenvalue weighted by Gasteiger charge is -2.08. The van der Waals surface area contributed by atoms with Crippen molar-refractivity contribution in [2.45, 2.75) is 19.5 Å². The van der Waals surface area contributed by atoms with Crippen LogP contribution in [0.25, 0.3) is 0 Å². The molecule has 3 N–H and O–H groups in total. The van der Waals surface area contributed by atoms with E-state index in [9.17, 15) is 4.79 Å². The Bertz CT molecular complexity index is 312. The van der Waals surface area contributed by atoms with Crippen molar-refractivity contribution in [3.05, 3.63) is 28.5 Å². The molecule has 1 rings (SSSR count). The summed E-state index contributed by atoms with van der Waals surface area (Å²) in [6, 6.07) is 3.45. The fourth-order valence-electron chi connectivity index (χ4n) is 0.869. The maximum atomic E-state index is 10.7. The predicted molar refractivity (Wildman–Crippen MR) is 57.4 cm³/mol. The second-order valence-electron chi connectivity index (χ2n) is 2.97. The van der Waals surface area contributed by atoms with E-state index in [4.69, 9.17) is 5.73 Å². The van der Waals surface area contributed by atoms with E-state index in [0.717, 1.165) is 10.2 Å². The van der Waals surface area contributed by atoms with Crippen LogP contribution < -0.4 is 11.1 Å². The van der Waals surface area contributed by atoms with Gasteiger partial charge in [-0.2, -0.15) is 0 Å². The zero-order chi connectivity index (χ0) is 10.6. The third-order valence-corrected chi connectivity index (χ3v) is 2.27. The number of pyridine rings is 1. The van der Waals surface area contributed by atoms with Crippen molar-refractivity contribution in [1.29, 1.82) is 0 Å². The average Bonchev–Trinajstić information content (AvgIpc) is 2.16. The molecule has 0 spiro atoms. The zero-order valence-corrected chi connectivity index (χ0v) is 9.41. The summed E-state index contributed by atoms with van der Waals surface area (Å²) in [6.45, 7) is 2.26. The maximum Gasteiger partial charge on any atom is 0.234 e. The standard InChI is InChI=1S/C9H12BrN3O/c1-6(9(11)14)12-5-8-3-2-7(10)4-13-8/h2-4,6,12H,5H2,1H3,(H2,11,14). The van der Waals surface area contributed by atoms with Gasteiger partial charge in [-0.15, -0.1) is 0 Å². The summed E-state index contributed by atoms with van der Waals surface area (Å²) in [5.74, 6) is -0.359. The van der Waals surface area contributed by atoms with Gasteiger partial charge in [0.2, 0.25) is 5.91 Å². The third-order valence-electron chi connectivity index (χ3n) is 1.80. The van der Waals surface area contributed by atoms with Crippen LogP contribution in [0.2, 0.25) is 0 Å². The molecular formula is C9H12BrN3O. The highest BCUT2D eigenvalue weighted by Crippen LogP contribution is 2.07. The van der Waals surface area contributed by atoms with E-state index in [1.807, 2.05) is 12.1 Å². The number of rotatable bonds is 4. The van der Waals surface area contributed by atoms with E-state index >= 15 is 0 Å². The molecule has 1 heterocycles. The minimum absolute atomic E-state index is 0.333. The summed E-state index contributed by atoms with van der Waals surface area (Å²) in [6.07, 6.45) is 1.71. The normalized spacial score (nSPS) is 12.4. The topological polar surface area (TPSA) is 68.0 Å². The van der Waals surface area contributed by atoms with Crippen LogP contribution in [0, 0.1) is 0 Å². The van der Waals surface area contributed by atoms with Gasteiger partial charge in [0.05, 0.1) is 11.7 Å². The largest absolute Gasteiger partial charge is 0.368 e. The van der Waals surface area contributed by atoms with Gasteiger partial charge in [0, 0.05) is 17.2 Å². The van der Waals surface area contributed by atoms with Crippen LogP contribution in [0.5, 0.6) is 0 Å². The highest BCUT2D eigenvalue weighted by molar-refractivity contribution is 9.10. The van der Waals surface area contributed by atoms with Gasteiger partial charge in [-0.3, -0.25) is 9.78 Å². The molecule has 0 aliphatic heterocycles. The van der Waals surface area contributed by atoms with Crippen molar-refractivity contribution < 1.29 is 4.79 Å². The second kappa shape index (κ2) is 5.07. The van der Waals surface area contributed by atoms with Crippen molar-refractivity contribution in [1.82, 2.24) is 10.3 Å². The van der Waals surface area contributed by atoms with Crippen molar-refractivity contribution in [2.75, 3.05) is 0 Å². The van der Waals surface area contributed by atoms with E-state index in [1.165, 1.54) is 0 Å². The number of hydrogen-bond donors (Lipinski definition) is 2. The lowest BCUT2D eigenvalue weighted by molar-refractivity contribution is -0.119. The SMILES string of the molecule is CC(NCc1ccc(Br)cn1)C(N)=O. The van der Waals surface area contributed by atoms with Gasteiger partial charge < -0.3 is 11.1 Å². The van der Waals surface area contributed by atoms with Gasteiger partial charge in [-0.05, 0) is 35.0 Å². The first-order valence-corrected chi connectivity index (χ1v) is 5.02. The summed E-state index contributed by atoms with van der Waals surface area (Å²) in [4.78, 5) is 14.9. The number of hydrogen-bond acceptors (Lipinski definition) is 3. The van der Waals surface area contributed by atoms with Gasteiger partial charge >= 0.3 is 0 Å². The lowest BCUT2D eigenvalue weighted by atomic mass is 10.3. The molecule has 1 aromatic rings. The monoisotopic (exact) mass is 257 g/mol. The Morgan fingerprint density at radius 3 is 2.93 bits per heavy atom. The molecule has 0 fully saturated rings. The predicted octanol–water partition coefficient (Wildman–Crippen LogP) is 0.808. The highest BCUT2D eigenvalue weighted by Gasteiger charge is 2.06. The van der Waals surface area contributed by atoms with Crippen LogP contribution in [-0.4, -0.2) is 16.9 Å². The minimum atomic E-state index is -0.359. The Morgan fingerprint density at radius 2 is 2.43 bits per heavy atom. The van der Waals surface area contributed by atoms with E-state index in [0.29, 0.717) is 6.54 Å². The lowest BCUT2D eigenvalue weighted by Crippen LogP contribution is -2.38. The third kappa shape index (κ3) is 3.43. The van der Waals surface area contributed by atoms with Crippen LogP contribution >= 0.6 is 15.9 Å². The number of amides is 1. The quantitative estimate of drug-likeness (QED) is 0.839. The molecule has 1 amide bonds. The molecule has 76 valence electrons. The molecule has 0 aliphatic carbocycles. The second-order valence-corrected chi connectivity index (χ2v) is 3.89. The molecule has 0 saturated heterocycles. The molecule has 0 saturated carbocycles.